The van der Waals surface area contributed by atoms with Crippen molar-refractivity contribution in [2.24, 2.45) is 7.05 Å². The Kier molecular flexibility index (Phi) is 4.74. The Morgan fingerprint density at radius 2 is 2.25 bits per heavy atom. The van der Waals surface area contributed by atoms with Crippen LogP contribution >= 0.6 is 0 Å². The van der Waals surface area contributed by atoms with Crippen LogP contribution in [-0.4, -0.2) is 16.3 Å². The zero-order valence-electron chi connectivity index (χ0n) is 10.9. The molecule has 3 heteroatoms. The lowest BCUT2D eigenvalue weighted by atomic mass is 9.99. The standard InChI is InChI=1S/C13H23N3/c1-6-10(3)8-13(14-7-2)12-9-15-16(5)11(12)4/h9,13-14H,3,6-8H2,1-2,4-5H3. The van der Waals surface area contributed by atoms with Crippen LogP contribution in [-0.2, 0) is 7.05 Å². The number of nitrogens with zero attached hydrogens (tertiary/aromatic N) is 2. The summed E-state index contributed by atoms with van der Waals surface area (Å²) in [4.78, 5) is 0. The van der Waals surface area contributed by atoms with Gasteiger partial charge in [-0.3, -0.25) is 4.68 Å². The highest BCUT2D eigenvalue weighted by Gasteiger charge is 2.16. The Hall–Kier alpha value is -1.09. The van der Waals surface area contributed by atoms with Crippen LogP contribution in [0.2, 0.25) is 0 Å². The third kappa shape index (κ3) is 2.95. The van der Waals surface area contributed by atoms with Crippen molar-refractivity contribution in [1.82, 2.24) is 15.1 Å². The first-order valence-electron chi connectivity index (χ1n) is 5.98. The van der Waals surface area contributed by atoms with E-state index in [0.717, 1.165) is 19.4 Å². The molecule has 0 saturated heterocycles. The SMILES string of the molecule is C=C(CC)CC(NCC)c1cnn(C)c1C. The summed E-state index contributed by atoms with van der Waals surface area (Å²) in [5.41, 5.74) is 3.81. The fourth-order valence-electron chi connectivity index (χ4n) is 1.83. The van der Waals surface area contributed by atoms with E-state index in [4.69, 9.17) is 0 Å². The van der Waals surface area contributed by atoms with Gasteiger partial charge in [0.05, 0.1) is 6.20 Å². The second kappa shape index (κ2) is 5.85. The summed E-state index contributed by atoms with van der Waals surface area (Å²) < 4.78 is 1.92. The number of rotatable bonds is 6. The van der Waals surface area contributed by atoms with Crippen molar-refractivity contribution < 1.29 is 0 Å². The molecule has 0 aliphatic heterocycles. The van der Waals surface area contributed by atoms with Gasteiger partial charge in [-0.15, -0.1) is 0 Å². The van der Waals surface area contributed by atoms with E-state index < -0.39 is 0 Å². The van der Waals surface area contributed by atoms with Crippen LogP contribution in [0.15, 0.2) is 18.3 Å². The summed E-state index contributed by atoms with van der Waals surface area (Å²) in [6.07, 6.45) is 4.00. The topological polar surface area (TPSA) is 29.9 Å². The number of nitrogens with one attached hydrogen (secondary N) is 1. The molecule has 0 aliphatic rings. The van der Waals surface area contributed by atoms with Crippen molar-refractivity contribution in [3.8, 4) is 0 Å². The lowest BCUT2D eigenvalue weighted by Gasteiger charge is -2.18. The highest BCUT2D eigenvalue weighted by Crippen LogP contribution is 2.24. The van der Waals surface area contributed by atoms with Gasteiger partial charge in [0, 0.05) is 24.3 Å². The van der Waals surface area contributed by atoms with Gasteiger partial charge in [0.1, 0.15) is 0 Å². The fraction of sp³-hybridized carbons (Fsp3) is 0.615. The largest absolute Gasteiger partial charge is 0.310 e. The summed E-state index contributed by atoms with van der Waals surface area (Å²) in [6.45, 7) is 11.5. The molecule has 1 aromatic rings. The van der Waals surface area contributed by atoms with Crippen LogP contribution in [0, 0.1) is 6.92 Å². The van der Waals surface area contributed by atoms with Crippen molar-refractivity contribution >= 4 is 0 Å². The maximum absolute atomic E-state index is 4.30. The van der Waals surface area contributed by atoms with Gasteiger partial charge in [0.25, 0.3) is 0 Å². The Balaban J connectivity index is 2.84. The predicted molar refractivity (Wildman–Crippen MR) is 68.4 cm³/mol. The normalized spacial score (nSPS) is 12.8. The van der Waals surface area contributed by atoms with E-state index in [1.54, 1.807) is 0 Å². The van der Waals surface area contributed by atoms with Gasteiger partial charge in [-0.2, -0.15) is 5.10 Å². The highest BCUT2D eigenvalue weighted by atomic mass is 15.3. The molecule has 16 heavy (non-hydrogen) atoms. The molecule has 1 rings (SSSR count). The maximum atomic E-state index is 4.30. The third-order valence-corrected chi connectivity index (χ3v) is 3.09. The van der Waals surface area contributed by atoms with Crippen molar-refractivity contribution in [2.75, 3.05) is 6.54 Å². The molecule has 1 heterocycles. The molecule has 0 bridgehead atoms. The average molecular weight is 221 g/mol. The van der Waals surface area contributed by atoms with E-state index >= 15 is 0 Å². The van der Waals surface area contributed by atoms with Gasteiger partial charge in [-0.25, -0.2) is 0 Å². The van der Waals surface area contributed by atoms with Crippen molar-refractivity contribution in [1.29, 1.82) is 0 Å². The van der Waals surface area contributed by atoms with Crippen molar-refractivity contribution in [3.05, 3.63) is 29.6 Å². The summed E-state index contributed by atoms with van der Waals surface area (Å²) in [7, 11) is 1.98. The molecule has 0 spiro atoms. The summed E-state index contributed by atoms with van der Waals surface area (Å²) in [5.74, 6) is 0. The van der Waals surface area contributed by atoms with Gasteiger partial charge in [0.2, 0.25) is 0 Å². The molecule has 0 fully saturated rings. The second-order valence-corrected chi connectivity index (χ2v) is 4.23. The molecular weight excluding hydrogens is 198 g/mol. The van der Waals surface area contributed by atoms with Crippen molar-refractivity contribution in [3.63, 3.8) is 0 Å². The van der Waals surface area contributed by atoms with Gasteiger partial charge in [0.15, 0.2) is 0 Å². The molecule has 0 radical (unpaired) electrons. The molecule has 0 aromatic carbocycles. The van der Waals surface area contributed by atoms with Crippen LogP contribution in [0.1, 0.15) is 44.0 Å². The third-order valence-electron chi connectivity index (χ3n) is 3.09. The van der Waals surface area contributed by atoms with E-state index in [9.17, 15) is 0 Å². The molecule has 1 unspecified atom stereocenters. The van der Waals surface area contributed by atoms with Crippen molar-refractivity contribution in [2.45, 2.75) is 39.7 Å². The Morgan fingerprint density at radius 1 is 1.56 bits per heavy atom. The molecule has 0 aliphatic carbocycles. The predicted octanol–water partition coefficient (Wildman–Crippen LogP) is 2.74. The average Bonchev–Trinajstić information content (AvgIpc) is 2.59. The summed E-state index contributed by atoms with van der Waals surface area (Å²) in [5, 5.41) is 7.80. The van der Waals surface area contributed by atoms with E-state index in [1.807, 2.05) is 17.9 Å². The first-order chi connectivity index (χ1) is 7.60. The summed E-state index contributed by atoms with van der Waals surface area (Å²) >= 11 is 0. The molecular formula is C13H23N3. The lowest BCUT2D eigenvalue weighted by molar-refractivity contribution is 0.539. The molecule has 1 N–H and O–H groups in total. The maximum Gasteiger partial charge on any atom is 0.0540 e. The molecule has 90 valence electrons. The fourth-order valence-corrected chi connectivity index (χ4v) is 1.83. The molecule has 1 aromatic heterocycles. The lowest BCUT2D eigenvalue weighted by Crippen LogP contribution is -2.21. The van der Waals surface area contributed by atoms with E-state index in [2.05, 4.69) is 37.8 Å². The molecule has 3 nitrogen and oxygen atoms in total. The van der Waals surface area contributed by atoms with E-state index in [-0.39, 0.29) is 0 Å². The second-order valence-electron chi connectivity index (χ2n) is 4.23. The molecule has 0 saturated carbocycles. The number of aryl methyl sites for hydroxylation is 1. The minimum absolute atomic E-state index is 0.353. The van der Waals surface area contributed by atoms with Crippen LogP contribution in [0.4, 0.5) is 0 Å². The van der Waals surface area contributed by atoms with Gasteiger partial charge < -0.3 is 5.32 Å². The van der Waals surface area contributed by atoms with Crippen LogP contribution in [0.3, 0.4) is 0 Å². The zero-order valence-corrected chi connectivity index (χ0v) is 10.9. The Bertz CT molecular complexity index is 352. The van der Waals surface area contributed by atoms with Crippen LogP contribution < -0.4 is 5.32 Å². The van der Waals surface area contributed by atoms with Gasteiger partial charge in [-0.05, 0) is 26.3 Å². The van der Waals surface area contributed by atoms with E-state index in [1.165, 1.54) is 16.8 Å². The number of aromatic nitrogens is 2. The zero-order chi connectivity index (χ0) is 12.1. The minimum atomic E-state index is 0.353. The monoisotopic (exact) mass is 221 g/mol. The Morgan fingerprint density at radius 3 is 2.69 bits per heavy atom. The molecule has 1 atom stereocenters. The first kappa shape index (κ1) is 13.0. The smallest absolute Gasteiger partial charge is 0.0540 e. The highest BCUT2D eigenvalue weighted by molar-refractivity contribution is 5.22. The quantitative estimate of drug-likeness (QED) is 0.749. The first-order valence-corrected chi connectivity index (χ1v) is 5.98. The summed E-state index contributed by atoms with van der Waals surface area (Å²) in [6, 6.07) is 0.353. The number of hydrogen-bond donors (Lipinski definition) is 1. The van der Waals surface area contributed by atoms with E-state index in [0.29, 0.717) is 6.04 Å². The van der Waals surface area contributed by atoms with Gasteiger partial charge >= 0.3 is 0 Å². The van der Waals surface area contributed by atoms with Crippen LogP contribution in [0.25, 0.3) is 0 Å². The minimum Gasteiger partial charge on any atom is -0.310 e. The Labute approximate surface area is 98.5 Å². The van der Waals surface area contributed by atoms with Crippen LogP contribution in [0.5, 0.6) is 0 Å². The molecule has 0 amide bonds. The van der Waals surface area contributed by atoms with Gasteiger partial charge in [-0.1, -0.05) is 26.0 Å². The number of hydrogen-bond acceptors (Lipinski definition) is 2.